The van der Waals surface area contributed by atoms with E-state index in [1.165, 1.54) is 44.9 Å². The number of rotatable bonds is 1. The molecule has 114 valence electrons. The Morgan fingerprint density at radius 1 is 1.10 bits per heavy atom. The fraction of sp³-hybridized carbons (Fsp3) is 0.588. The number of piperidine rings is 1. The van der Waals surface area contributed by atoms with Crippen LogP contribution >= 0.6 is 27.5 Å². The smallest absolute Gasteiger partial charge is 0.254 e. The van der Waals surface area contributed by atoms with Crippen molar-refractivity contribution in [2.24, 2.45) is 5.41 Å². The monoisotopic (exact) mass is 369 g/mol. The quantitative estimate of drug-likeness (QED) is 0.658. The first-order valence-corrected chi connectivity index (χ1v) is 9.01. The molecule has 1 spiro atoms. The lowest BCUT2D eigenvalue weighted by Gasteiger charge is -2.44. The lowest BCUT2D eigenvalue weighted by atomic mass is 9.68. The molecule has 21 heavy (non-hydrogen) atoms. The minimum absolute atomic E-state index is 0.129. The summed E-state index contributed by atoms with van der Waals surface area (Å²) < 4.78 is 0.790. The zero-order chi connectivity index (χ0) is 14.9. The summed E-state index contributed by atoms with van der Waals surface area (Å²) in [5.41, 5.74) is 1.26. The number of carbonyl (C=O) groups excluding carboxylic acids is 1. The van der Waals surface area contributed by atoms with E-state index in [0.717, 1.165) is 23.1 Å². The Labute approximate surface area is 140 Å². The first kappa shape index (κ1) is 15.4. The van der Waals surface area contributed by atoms with Crippen molar-refractivity contribution in [3.63, 3.8) is 0 Å². The van der Waals surface area contributed by atoms with Crippen molar-refractivity contribution in [1.82, 2.24) is 4.90 Å². The molecule has 0 radical (unpaired) electrons. The molecule has 1 aromatic carbocycles. The van der Waals surface area contributed by atoms with Crippen LogP contribution in [0.5, 0.6) is 0 Å². The van der Waals surface area contributed by atoms with Gasteiger partial charge in [-0.3, -0.25) is 4.79 Å². The molecule has 0 N–H and O–H groups in total. The van der Waals surface area contributed by atoms with Crippen molar-refractivity contribution < 1.29 is 4.79 Å². The van der Waals surface area contributed by atoms with Crippen molar-refractivity contribution in [3.05, 3.63) is 33.3 Å². The molecular formula is C17H21BrClNO. The van der Waals surface area contributed by atoms with Gasteiger partial charge in [-0.15, -0.1) is 0 Å². The van der Waals surface area contributed by atoms with Gasteiger partial charge in [0, 0.05) is 22.6 Å². The zero-order valence-electron chi connectivity index (χ0n) is 12.2. The van der Waals surface area contributed by atoms with Crippen LogP contribution in [-0.2, 0) is 0 Å². The van der Waals surface area contributed by atoms with Crippen LogP contribution in [0.4, 0.5) is 0 Å². The van der Waals surface area contributed by atoms with Crippen molar-refractivity contribution in [2.45, 2.75) is 44.9 Å². The number of nitrogens with zero attached hydrogens (tertiary/aromatic N) is 1. The Balaban J connectivity index is 1.67. The summed E-state index contributed by atoms with van der Waals surface area (Å²) in [5, 5.41) is 0.651. The highest BCUT2D eigenvalue weighted by Crippen LogP contribution is 2.44. The van der Waals surface area contributed by atoms with Gasteiger partial charge in [0.15, 0.2) is 0 Å². The van der Waals surface area contributed by atoms with E-state index in [2.05, 4.69) is 15.9 Å². The molecule has 2 nitrogen and oxygen atoms in total. The Kier molecular flexibility index (Phi) is 4.60. The average Bonchev–Trinajstić information content (AvgIpc) is 2.48. The number of carbonyl (C=O) groups is 1. The fourth-order valence-electron chi connectivity index (χ4n) is 3.82. The van der Waals surface area contributed by atoms with Crippen LogP contribution in [0.25, 0.3) is 0 Å². The van der Waals surface area contributed by atoms with Crippen LogP contribution in [0.15, 0.2) is 22.7 Å². The molecule has 4 heteroatoms. The Bertz CT molecular complexity index is 530. The second-order valence-electron chi connectivity index (χ2n) is 6.48. The van der Waals surface area contributed by atoms with E-state index in [9.17, 15) is 4.79 Å². The van der Waals surface area contributed by atoms with Crippen molar-refractivity contribution in [2.75, 3.05) is 13.1 Å². The highest BCUT2D eigenvalue weighted by molar-refractivity contribution is 9.10. The van der Waals surface area contributed by atoms with E-state index in [1.807, 2.05) is 11.0 Å². The normalized spacial score (nSPS) is 21.5. The van der Waals surface area contributed by atoms with E-state index in [-0.39, 0.29) is 5.91 Å². The van der Waals surface area contributed by atoms with Gasteiger partial charge in [0.2, 0.25) is 0 Å². The van der Waals surface area contributed by atoms with E-state index in [4.69, 9.17) is 11.6 Å². The molecular weight excluding hydrogens is 350 g/mol. The lowest BCUT2D eigenvalue weighted by molar-refractivity contribution is 0.0471. The van der Waals surface area contributed by atoms with Gasteiger partial charge in [-0.25, -0.2) is 0 Å². The highest BCUT2D eigenvalue weighted by atomic mass is 79.9. The van der Waals surface area contributed by atoms with Gasteiger partial charge in [-0.05, 0) is 65.2 Å². The predicted octanol–water partition coefficient (Wildman–Crippen LogP) is 5.29. The van der Waals surface area contributed by atoms with E-state index in [1.54, 1.807) is 12.1 Å². The zero-order valence-corrected chi connectivity index (χ0v) is 14.5. The van der Waals surface area contributed by atoms with Gasteiger partial charge in [0.1, 0.15) is 0 Å². The second kappa shape index (κ2) is 6.29. The Morgan fingerprint density at radius 3 is 2.38 bits per heavy atom. The molecule has 1 amide bonds. The van der Waals surface area contributed by atoms with Gasteiger partial charge >= 0.3 is 0 Å². The molecule has 0 aromatic heterocycles. The van der Waals surface area contributed by atoms with Gasteiger partial charge in [-0.1, -0.05) is 30.9 Å². The Morgan fingerprint density at radius 2 is 1.76 bits per heavy atom. The molecule has 2 aliphatic rings. The molecule has 1 aromatic rings. The van der Waals surface area contributed by atoms with Gasteiger partial charge in [0.25, 0.3) is 5.91 Å². The molecule has 2 fully saturated rings. The SMILES string of the molecule is O=C(c1ccc(Cl)cc1Br)N1CCC2(CCCCC2)CC1. The summed E-state index contributed by atoms with van der Waals surface area (Å²) in [6.45, 7) is 1.79. The minimum Gasteiger partial charge on any atom is -0.339 e. The largest absolute Gasteiger partial charge is 0.339 e. The minimum atomic E-state index is 0.129. The lowest BCUT2D eigenvalue weighted by Crippen LogP contribution is -2.44. The maximum Gasteiger partial charge on any atom is 0.254 e. The number of likely N-dealkylation sites (tertiary alicyclic amines) is 1. The molecule has 0 unspecified atom stereocenters. The summed E-state index contributed by atoms with van der Waals surface area (Å²) in [6.07, 6.45) is 9.20. The summed E-state index contributed by atoms with van der Waals surface area (Å²) in [6, 6.07) is 5.40. The van der Waals surface area contributed by atoms with Crippen LogP contribution in [0.2, 0.25) is 5.02 Å². The van der Waals surface area contributed by atoms with Crippen LogP contribution in [0, 0.1) is 5.41 Å². The fourth-order valence-corrected chi connectivity index (χ4v) is 4.67. The molecule has 1 saturated heterocycles. The standard InChI is InChI=1S/C17H21BrClNO/c18-15-12-13(19)4-5-14(15)16(21)20-10-8-17(9-11-20)6-2-1-3-7-17/h4-5,12H,1-3,6-11H2. The summed E-state index contributed by atoms with van der Waals surface area (Å²) in [4.78, 5) is 14.7. The Hall–Kier alpha value is -0.540. The molecule has 3 rings (SSSR count). The summed E-state index contributed by atoms with van der Waals surface area (Å²) in [7, 11) is 0. The third-order valence-electron chi connectivity index (χ3n) is 5.19. The third kappa shape index (κ3) is 3.29. The number of amides is 1. The number of hydrogen-bond acceptors (Lipinski definition) is 1. The average molecular weight is 371 g/mol. The van der Waals surface area contributed by atoms with Crippen LogP contribution in [0.1, 0.15) is 55.3 Å². The second-order valence-corrected chi connectivity index (χ2v) is 7.77. The molecule has 0 atom stereocenters. The van der Waals surface area contributed by atoms with Gasteiger partial charge in [-0.2, -0.15) is 0 Å². The maximum absolute atomic E-state index is 12.7. The first-order valence-electron chi connectivity index (χ1n) is 7.84. The van der Waals surface area contributed by atoms with Crippen LogP contribution in [0.3, 0.4) is 0 Å². The molecule has 1 saturated carbocycles. The van der Waals surface area contributed by atoms with E-state index >= 15 is 0 Å². The number of halogens is 2. The summed E-state index contributed by atoms with van der Waals surface area (Å²) >= 11 is 9.40. The van der Waals surface area contributed by atoms with Crippen molar-refractivity contribution in [1.29, 1.82) is 0 Å². The van der Waals surface area contributed by atoms with Crippen LogP contribution < -0.4 is 0 Å². The molecule has 0 bridgehead atoms. The topological polar surface area (TPSA) is 20.3 Å². The van der Waals surface area contributed by atoms with E-state index < -0.39 is 0 Å². The summed E-state index contributed by atoms with van der Waals surface area (Å²) in [5.74, 6) is 0.129. The van der Waals surface area contributed by atoms with Gasteiger partial charge < -0.3 is 4.90 Å². The third-order valence-corrected chi connectivity index (χ3v) is 6.08. The maximum atomic E-state index is 12.7. The number of hydrogen-bond donors (Lipinski definition) is 0. The molecule has 1 aliphatic carbocycles. The first-order chi connectivity index (χ1) is 10.1. The van der Waals surface area contributed by atoms with Crippen LogP contribution in [-0.4, -0.2) is 23.9 Å². The van der Waals surface area contributed by atoms with Crippen molar-refractivity contribution >= 4 is 33.4 Å². The van der Waals surface area contributed by atoms with Crippen molar-refractivity contribution in [3.8, 4) is 0 Å². The highest BCUT2D eigenvalue weighted by Gasteiger charge is 2.36. The molecule has 1 aliphatic heterocycles. The molecule has 1 heterocycles. The number of benzene rings is 1. The van der Waals surface area contributed by atoms with Gasteiger partial charge in [0.05, 0.1) is 5.56 Å². The van der Waals surface area contributed by atoms with E-state index in [0.29, 0.717) is 10.4 Å². The predicted molar refractivity (Wildman–Crippen MR) is 89.8 cm³/mol.